The third kappa shape index (κ3) is 5.29. The van der Waals surface area contributed by atoms with Gasteiger partial charge >= 0.3 is 0 Å². The first kappa shape index (κ1) is 24.7. The van der Waals surface area contributed by atoms with Crippen molar-refractivity contribution in [2.24, 2.45) is 0 Å². The van der Waals surface area contributed by atoms with Gasteiger partial charge in [-0.25, -0.2) is 9.97 Å². The van der Waals surface area contributed by atoms with Crippen LogP contribution in [0.5, 0.6) is 0 Å². The molecule has 1 saturated heterocycles. The maximum atomic E-state index is 13.1. The van der Waals surface area contributed by atoms with Crippen molar-refractivity contribution in [1.82, 2.24) is 14.9 Å². The second-order valence-corrected chi connectivity index (χ2v) is 8.57. The van der Waals surface area contributed by atoms with Crippen LogP contribution in [0, 0.1) is 27.2 Å². The number of piperazine rings is 1. The number of anilines is 1. The molecule has 0 atom stereocenters. The first-order valence-electron chi connectivity index (χ1n) is 11.6. The van der Waals surface area contributed by atoms with E-state index in [1.54, 1.807) is 4.90 Å². The Bertz CT molecular complexity index is 1270. The minimum Gasteiger partial charge on any atom is -0.353 e. The van der Waals surface area contributed by atoms with Crippen LogP contribution in [0.15, 0.2) is 48.5 Å². The van der Waals surface area contributed by atoms with Crippen LogP contribution in [-0.4, -0.2) is 56.8 Å². The Balaban J connectivity index is 1.56. The first-order chi connectivity index (χ1) is 17.3. The number of aryl methyl sites for hydroxylation is 2. The smallest absolute Gasteiger partial charge is 0.277 e. The second kappa shape index (κ2) is 10.5. The van der Waals surface area contributed by atoms with Gasteiger partial charge in [0.25, 0.3) is 17.3 Å². The standard InChI is InChI=1S/C25H26N6O5/c1-3-23-22(13-18-7-5-4-6-8-18)24(27-17(2)26-23)28-9-11-29(12-10-28)25(32)19-14-20(30(33)34)16-21(15-19)31(35)36/h4-8,14-16H,3,9-13H2,1-2H3. The van der Waals surface area contributed by atoms with Gasteiger partial charge < -0.3 is 9.80 Å². The Morgan fingerprint density at radius 2 is 1.56 bits per heavy atom. The summed E-state index contributed by atoms with van der Waals surface area (Å²) in [4.78, 5) is 47.1. The predicted molar refractivity (Wildman–Crippen MR) is 133 cm³/mol. The minimum absolute atomic E-state index is 0.0692. The van der Waals surface area contributed by atoms with E-state index < -0.39 is 27.1 Å². The van der Waals surface area contributed by atoms with Gasteiger partial charge in [-0.3, -0.25) is 25.0 Å². The number of rotatable bonds is 7. The number of carbonyl (C=O) groups excluding carboxylic acids is 1. The first-order valence-corrected chi connectivity index (χ1v) is 11.6. The zero-order valence-corrected chi connectivity index (χ0v) is 20.1. The second-order valence-electron chi connectivity index (χ2n) is 8.57. The molecule has 0 unspecified atom stereocenters. The van der Waals surface area contributed by atoms with Gasteiger partial charge in [-0.2, -0.15) is 0 Å². The monoisotopic (exact) mass is 490 g/mol. The molecule has 186 valence electrons. The summed E-state index contributed by atoms with van der Waals surface area (Å²) in [5, 5.41) is 22.4. The Kier molecular flexibility index (Phi) is 7.18. The van der Waals surface area contributed by atoms with E-state index in [2.05, 4.69) is 28.9 Å². The molecule has 0 aliphatic carbocycles. The highest BCUT2D eigenvalue weighted by molar-refractivity contribution is 5.95. The van der Waals surface area contributed by atoms with Crippen LogP contribution >= 0.6 is 0 Å². The van der Waals surface area contributed by atoms with Crippen molar-refractivity contribution in [2.75, 3.05) is 31.1 Å². The molecule has 0 bridgehead atoms. The van der Waals surface area contributed by atoms with Crippen LogP contribution in [0.1, 0.15) is 39.9 Å². The summed E-state index contributed by atoms with van der Waals surface area (Å²) in [7, 11) is 0. The summed E-state index contributed by atoms with van der Waals surface area (Å²) in [5.74, 6) is 1.06. The number of nitrogens with zero attached hydrogens (tertiary/aromatic N) is 6. The van der Waals surface area contributed by atoms with Crippen molar-refractivity contribution >= 4 is 23.1 Å². The topological polar surface area (TPSA) is 136 Å². The number of nitro groups is 2. The third-order valence-electron chi connectivity index (χ3n) is 6.18. The molecule has 1 aliphatic rings. The largest absolute Gasteiger partial charge is 0.353 e. The van der Waals surface area contributed by atoms with E-state index in [9.17, 15) is 25.0 Å². The molecule has 2 aromatic carbocycles. The molecule has 11 nitrogen and oxygen atoms in total. The Hall–Kier alpha value is -4.41. The molecule has 0 radical (unpaired) electrons. The average molecular weight is 491 g/mol. The Morgan fingerprint density at radius 1 is 0.944 bits per heavy atom. The van der Waals surface area contributed by atoms with Crippen LogP contribution in [-0.2, 0) is 12.8 Å². The lowest BCUT2D eigenvalue weighted by Gasteiger charge is -2.36. The summed E-state index contributed by atoms with van der Waals surface area (Å²) in [6, 6.07) is 13.1. The highest BCUT2D eigenvalue weighted by Crippen LogP contribution is 2.27. The van der Waals surface area contributed by atoms with E-state index in [-0.39, 0.29) is 5.56 Å². The lowest BCUT2D eigenvalue weighted by Crippen LogP contribution is -2.49. The molecule has 0 N–H and O–H groups in total. The van der Waals surface area contributed by atoms with Crippen molar-refractivity contribution in [1.29, 1.82) is 0 Å². The highest BCUT2D eigenvalue weighted by atomic mass is 16.6. The molecule has 36 heavy (non-hydrogen) atoms. The molecule has 4 rings (SSSR count). The van der Waals surface area contributed by atoms with Crippen molar-refractivity contribution < 1.29 is 14.6 Å². The maximum Gasteiger partial charge on any atom is 0.277 e. The Labute approximate surface area is 207 Å². The van der Waals surface area contributed by atoms with Gasteiger partial charge in [0.1, 0.15) is 11.6 Å². The van der Waals surface area contributed by atoms with Gasteiger partial charge in [-0.1, -0.05) is 37.3 Å². The molecule has 1 fully saturated rings. The molecule has 1 aromatic heterocycles. The summed E-state index contributed by atoms with van der Waals surface area (Å²) in [6.45, 7) is 5.64. The predicted octanol–water partition coefficient (Wildman–Crippen LogP) is 3.72. The van der Waals surface area contributed by atoms with Crippen molar-refractivity contribution in [3.05, 3.63) is 97.0 Å². The number of non-ortho nitro benzene ring substituents is 2. The zero-order chi connectivity index (χ0) is 25.8. The summed E-state index contributed by atoms with van der Waals surface area (Å²) in [6.07, 6.45) is 1.46. The van der Waals surface area contributed by atoms with Crippen LogP contribution in [0.25, 0.3) is 0 Å². The fraction of sp³-hybridized carbons (Fsp3) is 0.320. The van der Waals surface area contributed by atoms with Gasteiger partial charge in [0.15, 0.2) is 0 Å². The fourth-order valence-electron chi connectivity index (χ4n) is 4.41. The van der Waals surface area contributed by atoms with E-state index in [1.165, 1.54) is 0 Å². The number of nitro benzene ring substituents is 2. The highest BCUT2D eigenvalue weighted by Gasteiger charge is 2.28. The summed E-state index contributed by atoms with van der Waals surface area (Å²) >= 11 is 0. The molecule has 11 heteroatoms. The third-order valence-corrected chi connectivity index (χ3v) is 6.18. The number of amides is 1. The van der Waals surface area contributed by atoms with Gasteiger partial charge in [-0.05, 0) is 18.9 Å². The molecule has 2 heterocycles. The number of hydrogen-bond donors (Lipinski definition) is 0. The number of benzene rings is 2. The van der Waals surface area contributed by atoms with E-state index in [1.807, 2.05) is 25.1 Å². The summed E-state index contributed by atoms with van der Waals surface area (Å²) in [5.41, 5.74) is 2.16. The van der Waals surface area contributed by atoms with Crippen LogP contribution in [0.2, 0.25) is 0 Å². The number of carbonyl (C=O) groups is 1. The van der Waals surface area contributed by atoms with Gasteiger partial charge in [-0.15, -0.1) is 0 Å². The quantitative estimate of drug-likeness (QED) is 0.361. The Morgan fingerprint density at radius 3 is 2.11 bits per heavy atom. The average Bonchev–Trinajstić information content (AvgIpc) is 2.89. The number of hydrogen-bond acceptors (Lipinski definition) is 8. The van der Waals surface area contributed by atoms with Gasteiger partial charge in [0.2, 0.25) is 0 Å². The SMILES string of the molecule is CCc1nc(C)nc(N2CCN(C(=O)c3cc([N+](=O)[O-])cc([N+](=O)[O-])c3)CC2)c1Cc1ccccc1. The minimum atomic E-state index is -0.737. The molecular formula is C25H26N6O5. The molecule has 1 amide bonds. The normalized spacial score (nSPS) is 13.5. The van der Waals surface area contributed by atoms with Crippen molar-refractivity contribution in [3.63, 3.8) is 0 Å². The van der Waals surface area contributed by atoms with Crippen molar-refractivity contribution in [2.45, 2.75) is 26.7 Å². The van der Waals surface area contributed by atoms with E-state index >= 15 is 0 Å². The van der Waals surface area contributed by atoms with E-state index in [0.717, 1.165) is 47.3 Å². The summed E-state index contributed by atoms with van der Waals surface area (Å²) < 4.78 is 0. The zero-order valence-electron chi connectivity index (χ0n) is 20.1. The molecular weight excluding hydrogens is 464 g/mol. The van der Waals surface area contributed by atoms with E-state index in [4.69, 9.17) is 4.98 Å². The number of aromatic nitrogens is 2. The molecule has 1 aliphatic heterocycles. The van der Waals surface area contributed by atoms with Crippen molar-refractivity contribution in [3.8, 4) is 0 Å². The maximum absolute atomic E-state index is 13.1. The van der Waals surface area contributed by atoms with E-state index in [0.29, 0.717) is 38.4 Å². The van der Waals surface area contributed by atoms with Gasteiger partial charge in [0.05, 0.1) is 21.5 Å². The fourth-order valence-corrected chi connectivity index (χ4v) is 4.41. The molecule has 3 aromatic rings. The van der Waals surface area contributed by atoms with Gasteiger partial charge in [0, 0.05) is 56.0 Å². The molecule has 0 saturated carbocycles. The van der Waals surface area contributed by atoms with Crippen LogP contribution < -0.4 is 4.90 Å². The van der Waals surface area contributed by atoms with Crippen LogP contribution in [0.3, 0.4) is 0 Å². The lowest BCUT2D eigenvalue weighted by molar-refractivity contribution is -0.394. The van der Waals surface area contributed by atoms with Crippen LogP contribution in [0.4, 0.5) is 17.2 Å². The lowest BCUT2D eigenvalue weighted by atomic mass is 10.0. The molecule has 0 spiro atoms.